The summed E-state index contributed by atoms with van der Waals surface area (Å²) in [5.41, 5.74) is 0.983. The van der Waals surface area contributed by atoms with Gasteiger partial charge in [0.15, 0.2) is 0 Å². The smallest absolute Gasteiger partial charge is 0.223 e. The highest BCUT2D eigenvalue weighted by atomic mass is 19.1. The molecule has 114 valence electrons. The molecular weight excluding hydrogens is 271 g/mol. The van der Waals surface area contributed by atoms with Gasteiger partial charge in [-0.3, -0.25) is 9.69 Å². The Labute approximate surface area is 124 Å². The second-order valence-corrected chi connectivity index (χ2v) is 5.88. The molecule has 2 heterocycles. The van der Waals surface area contributed by atoms with E-state index in [1.807, 2.05) is 4.90 Å². The van der Waals surface area contributed by atoms with Gasteiger partial charge in [0.1, 0.15) is 5.82 Å². The summed E-state index contributed by atoms with van der Waals surface area (Å²) in [6.45, 7) is 5.85. The van der Waals surface area contributed by atoms with Gasteiger partial charge in [-0.15, -0.1) is 0 Å². The van der Waals surface area contributed by atoms with E-state index in [4.69, 9.17) is 4.74 Å². The van der Waals surface area contributed by atoms with Crippen LogP contribution in [-0.4, -0.2) is 55.1 Å². The van der Waals surface area contributed by atoms with E-state index in [1.54, 1.807) is 12.1 Å². The SMILES string of the molecule is O=C1CC(CN2CCOCC2)CN1Cc1ccc(F)cc1. The van der Waals surface area contributed by atoms with Crippen molar-refractivity contribution in [3.8, 4) is 0 Å². The van der Waals surface area contributed by atoms with Crippen LogP contribution in [0.2, 0.25) is 0 Å². The molecule has 0 saturated carbocycles. The van der Waals surface area contributed by atoms with Crippen molar-refractivity contribution in [3.63, 3.8) is 0 Å². The molecule has 0 spiro atoms. The Morgan fingerprint density at radius 3 is 2.62 bits per heavy atom. The number of morpholine rings is 1. The first-order valence-electron chi connectivity index (χ1n) is 7.53. The summed E-state index contributed by atoms with van der Waals surface area (Å²) < 4.78 is 18.2. The van der Waals surface area contributed by atoms with E-state index in [-0.39, 0.29) is 11.7 Å². The van der Waals surface area contributed by atoms with Crippen LogP contribution in [0.15, 0.2) is 24.3 Å². The van der Waals surface area contributed by atoms with Gasteiger partial charge in [0.05, 0.1) is 13.2 Å². The number of hydrogen-bond donors (Lipinski definition) is 0. The molecule has 1 amide bonds. The summed E-state index contributed by atoms with van der Waals surface area (Å²) in [5, 5.41) is 0. The molecule has 2 fully saturated rings. The Morgan fingerprint density at radius 1 is 1.19 bits per heavy atom. The number of likely N-dealkylation sites (tertiary alicyclic amines) is 1. The molecule has 1 aromatic rings. The van der Waals surface area contributed by atoms with Gasteiger partial charge in [0, 0.05) is 39.1 Å². The monoisotopic (exact) mass is 292 g/mol. The van der Waals surface area contributed by atoms with Crippen molar-refractivity contribution in [3.05, 3.63) is 35.6 Å². The maximum absolute atomic E-state index is 12.9. The summed E-state index contributed by atoms with van der Waals surface area (Å²) in [7, 11) is 0. The third-order valence-electron chi connectivity index (χ3n) is 4.20. The second-order valence-electron chi connectivity index (χ2n) is 5.88. The van der Waals surface area contributed by atoms with Crippen molar-refractivity contribution in [2.24, 2.45) is 5.92 Å². The van der Waals surface area contributed by atoms with Crippen LogP contribution in [0, 0.1) is 11.7 Å². The number of carbonyl (C=O) groups is 1. The van der Waals surface area contributed by atoms with Crippen LogP contribution >= 0.6 is 0 Å². The van der Waals surface area contributed by atoms with Gasteiger partial charge in [0.25, 0.3) is 0 Å². The fourth-order valence-electron chi connectivity index (χ4n) is 3.09. The lowest BCUT2D eigenvalue weighted by Crippen LogP contribution is -2.39. The first-order valence-corrected chi connectivity index (χ1v) is 7.53. The number of benzene rings is 1. The van der Waals surface area contributed by atoms with Crippen LogP contribution in [0.1, 0.15) is 12.0 Å². The zero-order valence-electron chi connectivity index (χ0n) is 12.1. The lowest BCUT2D eigenvalue weighted by atomic mass is 10.1. The number of nitrogens with zero attached hydrogens (tertiary/aromatic N) is 2. The summed E-state index contributed by atoms with van der Waals surface area (Å²) in [6, 6.07) is 6.39. The van der Waals surface area contributed by atoms with E-state index >= 15 is 0 Å². The fraction of sp³-hybridized carbons (Fsp3) is 0.562. The molecule has 0 aromatic heterocycles. The molecule has 0 N–H and O–H groups in total. The second kappa shape index (κ2) is 6.54. The standard InChI is InChI=1S/C16H21FN2O2/c17-15-3-1-13(2-4-15)11-19-12-14(9-16(19)20)10-18-5-7-21-8-6-18/h1-4,14H,5-12H2. The Hall–Kier alpha value is -1.46. The molecule has 2 aliphatic heterocycles. The highest BCUT2D eigenvalue weighted by molar-refractivity contribution is 5.78. The third kappa shape index (κ3) is 3.80. The first-order chi connectivity index (χ1) is 10.2. The molecule has 3 rings (SSSR count). The molecule has 2 saturated heterocycles. The predicted octanol–water partition coefficient (Wildman–Crippen LogP) is 1.51. The largest absolute Gasteiger partial charge is 0.379 e. The van der Waals surface area contributed by atoms with E-state index in [2.05, 4.69) is 4.90 Å². The quantitative estimate of drug-likeness (QED) is 0.843. The van der Waals surface area contributed by atoms with Crippen LogP contribution in [0.5, 0.6) is 0 Å². The highest BCUT2D eigenvalue weighted by Crippen LogP contribution is 2.21. The van der Waals surface area contributed by atoms with Gasteiger partial charge in [-0.2, -0.15) is 0 Å². The van der Waals surface area contributed by atoms with Crippen molar-refractivity contribution in [1.82, 2.24) is 9.80 Å². The zero-order chi connectivity index (χ0) is 14.7. The third-order valence-corrected chi connectivity index (χ3v) is 4.20. The number of carbonyl (C=O) groups excluding carboxylic acids is 1. The highest BCUT2D eigenvalue weighted by Gasteiger charge is 2.30. The van der Waals surface area contributed by atoms with Gasteiger partial charge in [-0.1, -0.05) is 12.1 Å². The molecule has 21 heavy (non-hydrogen) atoms. The number of hydrogen-bond acceptors (Lipinski definition) is 3. The molecule has 2 aliphatic rings. The van der Waals surface area contributed by atoms with Gasteiger partial charge in [-0.25, -0.2) is 4.39 Å². The van der Waals surface area contributed by atoms with Gasteiger partial charge in [-0.05, 0) is 23.6 Å². The minimum Gasteiger partial charge on any atom is -0.379 e. The fourth-order valence-corrected chi connectivity index (χ4v) is 3.09. The number of rotatable bonds is 4. The lowest BCUT2D eigenvalue weighted by molar-refractivity contribution is -0.128. The molecule has 1 unspecified atom stereocenters. The molecule has 1 atom stereocenters. The molecule has 5 heteroatoms. The van der Waals surface area contributed by atoms with Crippen LogP contribution in [0.3, 0.4) is 0 Å². The van der Waals surface area contributed by atoms with Gasteiger partial charge in [0.2, 0.25) is 5.91 Å². The molecule has 0 aliphatic carbocycles. The minimum absolute atomic E-state index is 0.206. The van der Waals surface area contributed by atoms with Crippen molar-refractivity contribution >= 4 is 5.91 Å². The van der Waals surface area contributed by atoms with Crippen LogP contribution in [0.25, 0.3) is 0 Å². The lowest BCUT2D eigenvalue weighted by Gasteiger charge is -2.28. The normalized spacial score (nSPS) is 23.8. The minimum atomic E-state index is -0.239. The van der Waals surface area contributed by atoms with Crippen molar-refractivity contribution in [2.75, 3.05) is 39.4 Å². The molecule has 4 nitrogen and oxygen atoms in total. The predicted molar refractivity (Wildman–Crippen MR) is 77.2 cm³/mol. The van der Waals surface area contributed by atoms with Crippen LogP contribution in [0.4, 0.5) is 4.39 Å². The number of halogens is 1. The number of amides is 1. The first kappa shape index (κ1) is 14.5. The Bertz CT molecular complexity index is 486. The maximum atomic E-state index is 12.9. The van der Waals surface area contributed by atoms with Crippen molar-refractivity contribution < 1.29 is 13.9 Å². The average molecular weight is 292 g/mol. The van der Waals surface area contributed by atoms with E-state index in [9.17, 15) is 9.18 Å². The molecular formula is C16H21FN2O2. The van der Waals surface area contributed by atoms with E-state index < -0.39 is 0 Å². The maximum Gasteiger partial charge on any atom is 0.223 e. The van der Waals surface area contributed by atoms with E-state index in [1.165, 1.54) is 12.1 Å². The number of ether oxygens (including phenoxy) is 1. The van der Waals surface area contributed by atoms with Gasteiger partial charge < -0.3 is 9.64 Å². The molecule has 0 bridgehead atoms. The molecule has 1 aromatic carbocycles. The Morgan fingerprint density at radius 2 is 1.90 bits per heavy atom. The van der Waals surface area contributed by atoms with E-state index in [0.717, 1.165) is 45.0 Å². The van der Waals surface area contributed by atoms with Crippen LogP contribution in [-0.2, 0) is 16.1 Å². The summed E-state index contributed by atoms with van der Waals surface area (Å²) in [4.78, 5) is 16.4. The average Bonchev–Trinajstić information content (AvgIpc) is 2.82. The van der Waals surface area contributed by atoms with Crippen molar-refractivity contribution in [2.45, 2.75) is 13.0 Å². The summed E-state index contributed by atoms with van der Waals surface area (Å²) in [6.07, 6.45) is 0.624. The zero-order valence-corrected chi connectivity index (χ0v) is 12.1. The Balaban J connectivity index is 1.53. The van der Waals surface area contributed by atoms with E-state index in [0.29, 0.717) is 18.9 Å². The summed E-state index contributed by atoms with van der Waals surface area (Å²) >= 11 is 0. The Kier molecular flexibility index (Phi) is 4.51. The molecule has 0 radical (unpaired) electrons. The van der Waals surface area contributed by atoms with Crippen molar-refractivity contribution in [1.29, 1.82) is 0 Å². The van der Waals surface area contributed by atoms with Gasteiger partial charge >= 0.3 is 0 Å². The summed E-state index contributed by atoms with van der Waals surface area (Å²) in [5.74, 6) is 0.366. The van der Waals surface area contributed by atoms with Crippen LogP contribution < -0.4 is 0 Å². The topological polar surface area (TPSA) is 32.8 Å².